The molecule has 0 aliphatic carbocycles. The van der Waals surface area contributed by atoms with E-state index in [1.165, 1.54) is 0 Å². The highest BCUT2D eigenvalue weighted by Crippen LogP contribution is 2.38. The summed E-state index contributed by atoms with van der Waals surface area (Å²) in [7, 11) is 0. The van der Waals surface area contributed by atoms with Gasteiger partial charge in [0.25, 0.3) is 0 Å². The molecule has 2 aromatic carbocycles. The molecule has 3 aromatic rings. The van der Waals surface area contributed by atoms with E-state index in [0.29, 0.717) is 35.4 Å². The highest BCUT2D eigenvalue weighted by Gasteiger charge is 2.37. The lowest BCUT2D eigenvalue weighted by Crippen LogP contribution is -2.14. The number of nitrogens with one attached hydrogen (secondary N) is 2. The smallest absolute Gasteiger partial charge is 0.416 e. The lowest BCUT2D eigenvalue weighted by atomic mass is 10.1. The van der Waals surface area contributed by atoms with Crippen LogP contribution < -0.4 is 15.4 Å². The number of hydrogen-bond donors (Lipinski definition) is 2. The fourth-order valence-corrected chi connectivity index (χ4v) is 2.95. The first kappa shape index (κ1) is 23.4. The van der Waals surface area contributed by atoms with Gasteiger partial charge >= 0.3 is 12.4 Å². The molecular formula is C21H20F6N4O. The van der Waals surface area contributed by atoms with Crippen LogP contribution in [0.2, 0.25) is 0 Å². The van der Waals surface area contributed by atoms with Gasteiger partial charge in [-0.15, -0.1) is 0 Å². The van der Waals surface area contributed by atoms with E-state index in [4.69, 9.17) is 4.74 Å². The molecule has 32 heavy (non-hydrogen) atoms. The fourth-order valence-electron chi connectivity index (χ4n) is 2.95. The van der Waals surface area contributed by atoms with Gasteiger partial charge in [-0.25, -0.2) is 4.98 Å². The molecule has 2 N–H and O–H groups in total. The predicted octanol–water partition coefficient (Wildman–Crippen LogP) is 6.63. The minimum absolute atomic E-state index is 0.0344. The van der Waals surface area contributed by atoms with Crippen molar-refractivity contribution < 1.29 is 31.1 Å². The highest BCUT2D eigenvalue weighted by molar-refractivity contribution is 5.93. The molecule has 0 aliphatic heterocycles. The number of alkyl halides is 6. The van der Waals surface area contributed by atoms with Gasteiger partial charge in [0.05, 0.1) is 23.3 Å². The van der Waals surface area contributed by atoms with E-state index < -0.39 is 29.2 Å². The Morgan fingerprint density at radius 3 is 2.06 bits per heavy atom. The van der Waals surface area contributed by atoms with Crippen LogP contribution in [0, 0.1) is 0 Å². The zero-order chi connectivity index (χ0) is 23.7. The van der Waals surface area contributed by atoms with Crippen LogP contribution in [-0.4, -0.2) is 22.6 Å². The molecule has 0 atom stereocenters. The van der Waals surface area contributed by atoms with E-state index in [9.17, 15) is 26.3 Å². The standard InChI is InChI=1S/C21H20F6N4O/c1-4-32-15-5-6-17-16(10-15)18(31-19(30-17)28-11(2)3)29-14-8-12(20(22,23)24)7-13(9-14)21(25,26)27/h5-11H,4H2,1-3H3,(H2,28,29,30,31). The second-order valence-electron chi connectivity index (χ2n) is 7.23. The summed E-state index contributed by atoms with van der Waals surface area (Å²) >= 11 is 0. The number of fused-ring (bicyclic) bond motifs is 1. The molecular weight excluding hydrogens is 438 g/mol. The molecule has 0 aliphatic rings. The Morgan fingerprint density at radius 2 is 1.53 bits per heavy atom. The molecule has 3 rings (SSSR count). The molecule has 5 nitrogen and oxygen atoms in total. The van der Waals surface area contributed by atoms with Crippen molar-refractivity contribution in [1.29, 1.82) is 0 Å². The quantitative estimate of drug-likeness (QED) is 0.406. The lowest BCUT2D eigenvalue weighted by Gasteiger charge is -2.17. The van der Waals surface area contributed by atoms with Crippen molar-refractivity contribution in [2.45, 2.75) is 39.2 Å². The second kappa shape index (κ2) is 8.71. The summed E-state index contributed by atoms with van der Waals surface area (Å²) in [4.78, 5) is 8.62. The summed E-state index contributed by atoms with van der Waals surface area (Å²) in [5.74, 6) is 0.658. The third kappa shape index (κ3) is 5.51. The Bertz CT molecular complexity index is 1080. The Balaban J connectivity index is 2.16. The molecule has 1 heterocycles. The SMILES string of the molecule is CCOc1ccc2nc(NC(C)C)nc(Nc3cc(C(F)(F)F)cc(C(F)(F)F)c3)c2c1. The first-order valence-electron chi connectivity index (χ1n) is 9.64. The first-order valence-corrected chi connectivity index (χ1v) is 9.64. The number of hydrogen-bond acceptors (Lipinski definition) is 5. The summed E-state index contributed by atoms with van der Waals surface area (Å²) in [5.41, 5.74) is -2.84. The Kier molecular flexibility index (Phi) is 6.38. The molecule has 11 heteroatoms. The normalized spacial score (nSPS) is 12.3. The maximum atomic E-state index is 13.2. The predicted molar refractivity (Wildman–Crippen MR) is 109 cm³/mol. The van der Waals surface area contributed by atoms with E-state index in [2.05, 4.69) is 20.6 Å². The average Bonchev–Trinajstić information content (AvgIpc) is 2.66. The highest BCUT2D eigenvalue weighted by atomic mass is 19.4. The van der Waals surface area contributed by atoms with Crippen LogP contribution in [0.1, 0.15) is 31.9 Å². The maximum Gasteiger partial charge on any atom is 0.416 e. The van der Waals surface area contributed by atoms with Crippen molar-refractivity contribution >= 4 is 28.4 Å². The Labute approximate surface area is 179 Å². The first-order chi connectivity index (χ1) is 14.9. The van der Waals surface area contributed by atoms with Crippen LogP contribution in [-0.2, 0) is 12.4 Å². The minimum Gasteiger partial charge on any atom is -0.494 e. The molecule has 0 bridgehead atoms. The number of rotatable bonds is 6. The molecule has 0 saturated heterocycles. The number of aromatic nitrogens is 2. The zero-order valence-corrected chi connectivity index (χ0v) is 17.3. The van der Waals surface area contributed by atoms with Crippen LogP contribution in [0.4, 0.5) is 43.8 Å². The van der Waals surface area contributed by atoms with Crippen molar-refractivity contribution in [2.75, 3.05) is 17.2 Å². The van der Waals surface area contributed by atoms with Crippen LogP contribution in [0.3, 0.4) is 0 Å². The number of ether oxygens (including phenoxy) is 1. The van der Waals surface area contributed by atoms with Crippen LogP contribution in [0.5, 0.6) is 5.75 Å². The van der Waals surface area contributed by atoms with Crippen LogP contribution in [0.15, 0.2) is 36.4 Å². The van der Waals surface area contributed by atoms with Crippen LogP contribution >= 0.6 is 0 Å². The van der Waals surface area contributed by atoms with Crippen molar-refractivity contribution in [1.82, 2.24) is 9.97 Å². The Hall–Kier alpha value is -3.24. The van der Waals surface area contributed by atoms with E-state index in [1.807, 2.05) is 13.8 Å². The van der Waals surface area contributed by atoms with Crippen molar-refractivity contribution in [3.8, 4) is 5.75 Å². The van der Waals surface area contributed by atoms with Gasteiger partial charge in [0, 0.05) is 17.1 Å². The number of benzene rings is 2. The van der Waals surface area contributed by atoms with Gasteiger partial charge < -0.3 is 15.4 Å². The summed E-state index contributed by atoms with van der Waals surface area (Å²) in [5, 5.41) is 5.96. The van der Waals surface area contributed by atoms with E-state index in [0.717, 1.165) is 0 Å². The van der Waals surface area contributed by atoms with Gasteiger partial charge in [-0.05, 0) is 57.2 Å². The van der Waals surface area contributed by atoms with E-state index in [1.54, 1.807) is 25.1 Å². The summed E-state index contributed by atoms with van der Waals surface area (Å²) in [6.45, 7) is 5.81. The molecule has 0 fully saturated rings. The number of halogens is 6. The molecule has 0 amide bonds. The summed E-state index contributed by atoms with van der Waals surface area (Å²) in [6.07, 6.45) is -9.92. The van der Waals surface area contributed by atoms with Gasteiger partial charge in [0.1, 0.15) is 11.6 Å². The topological polar surface area (TPSA) is 59.1 Å². The van der Waals surface area contributed by atoms with Crippen molar-refractivity contribution in [3.63, 3.8) is 0 Å². The third-order valence-electron chi connectivity index (χ3n) is 4.25. The van der Waals surface area contributed by atoms with Gasteiger partial charge in [-0.3, -0.25) is 0 Å². The number of anilines is 3. The van der Waals surface area contributed by atoms with Gasteiger partial charge in [0.2, 0.25) is 5.95 Å². The maximum absolute atomic E-state index is 13.2. The molecule has 0 saturated carbocycles. The molecule has 0 spiro atoms. The van der Waals surface area contributed by atoms with E-state index in [-0.39, 0.29) is 23.9 Å². The van der Waals surface area contributed by atoms with Crippen molar-refractivity contribution in [3.05, 3.63) is 47.5 Å². The Morgan fingerprint density at radius 1 is 0.906 bits per heavy atom. The zero-order valence-electron chi connectivity index (χ0n) is 17.3. The molecule has 0 unspecified atom stereocenters. The van der Waals surface area contributed by atoms with Crippen molar-refractivity contribution in [2.24, 2.45) is 0 Å². The van der Waals surface area contributed by atoms with Gasteiger partial charge in [-0.1, -0.05) is 0 Å². The van der Waals surface area contributed by atoms with E-state index >= 15 is 0 Å². The average molecular weight is 458 g/mol. The summed E-state index contributed by atoms with van der Waals surface area (Å²) in [6, 6.07) is 6.07. The minimum atomic E-state index is -4.96. The monoisotopic (exact) mass is 458 g/mol. The van der Waals surface area contributed by atoms with Crippen LogP contribution in [0.25, 0.3) is 10.9 Å². The second-order valence-corrected chi connectivity index (χ2v) is 7.23. The third-order valence-corrected chi connectivity index (χ3v) is 4.25. The number of nitrogens with zero attached hydrogens (tertiary/aromatic N) is 2. The molecule has 172 valence electrons. The lowest BCUT2D eigenvalue weighted by molar-refractivity contribution is -0.143. The largest absolute Gasteiger partial charge is 0.494 e. The fraction of sp³-hybridized carbons (Fsp3) is 0.333. The molecule has 0 radical (unpaired) electrons. The molecule has 1 aromatic heterocycles. The van der Waals surface area contributed by atoms with Gasteiger partial charge in [-0.2, -0.15) is 31.3 Å². The summed E-state index contributed by atoms with van der Waals surface area (Å²) < 4.78 is 84.8. The van der Waals surface area contributed by atoms with Gasteiger partial charge in [0.15, 0.2) is 0 Å².